The van der Waals surface area contributed by atoms with Crippen molar-refractivity contribution >= 4 is 5.97 Å². The summed E-state index contributed by atoms with van der Waals surface area (Å²) in [5, 5.41) is 7.72. The molecule has 0 heterocycles. The fourth-order valence-corrected chi connectivity index (χ4v) is 3.77. The number of aliphatic carboxylic acids is 1. The lowest BCUT2D eigenvalue weighted by Crippen LogP contribution is -2.13. The molecule has 0 aliphatic heterocycles. The highest BCUT2D eigenvalue weighted by Crippen LogP contribution is 2.37. The number of rotatable bonds is 2. The second-order valence-electron chi connectivity index (χ2n) is 6.64. The van der Waals surface area contributed by atoms with Gasteiger partial charge in [-0.2, -0.15) is 0 Å². The number of carbonyl (C=O) groups is 1. The van der Waals surface area contributed by atoms with Gasteiger partial charge in [-0.15, -0.1) is 0 Å². The van der Waals surface area contributed by atoms with Crippen LogP contribution in [0.2, 0.25) is 0 Å². The normalized spacial score (nSPS) is 26.4. The lowest BCUT2D eigenvalue weighted by molar-refractivity contribution is -0.136. The zero-order chi connectivity index (χ0) is 15.5. The molecular weight excluding hydrogens is 260 g/mol. The van der Waals surface area contributed by atoms with Gasteiger partial charge in [-0.25, -0.2) is 0 Å². The van der Waals surface area contributed by atoms with Crippen molar-refractivity contribution in [2.45, 2.75) is 90.9 Å². The second kappa shape index (κ2) is 10.9. The molecule has 2 saturated carbocycles. The number of hydrogen-bond acceptors (Lipinski definition) is 1. The van der Waals surface area contributed by atoms with Gasteiger partial charge in [-0.05, 0) is 50.9 Å². The van der Waals surface area contributed by atoms with Gasteiger partial charge in [0.15, 0.2) is 0 Å². The molecule has 122 valence electrons. The van der Waals surface area contributed by atoms with Gasteiger partial charge in [0.25, 0.3) is 0 Å². The van der Waals surface area contributed by atoms with E-state index in [0.717, 1.165) is 11.8 Å². The van der Waals surface area contributed by atoms with Gasteiger partial charge in [0.1, 0.15) is 0 Å². The molecule has 0 aromatic carbocycles. The Kier molecular flexibility index (Phi) is 9.45. The SMILES string of the molecule is CC=C1CCCC(C2CCCCCC2)CC1.CCC(=O)O. The average Bonchev–Trinajstić information content (AvgIpc) is 2.90. The number of carboxylic acid groups (broad SMARTS) is 1. The first kappa shape index (κ1) is 18.3. The van der Waals surface area contributed by atoms with Crippen LogP contribution in [0.1, 0.15) is 90.9 Å². The maximum absolute atomic E-state index is 9.37. The lowest BCUT2D eigenvalue weighted by Gasteiger charge is -2.24. The first-order valence-corrected chi connectivity index (χ1v) is 9.03. The highest BCUT2D eigenvalue weighted by Gasteiger charge is 2.24. The lowest BCUT2D eigenvalue weighted by atomic mass is 9.81. The first-order valence-electron chi connectivity index (χ1n) is 9.03. The smallest absolute Gasteiger partial charge is 0.303 e. The van der Waals surface area contributed by atoms with Crippen molar-refractivity contribution < 1.29 is 9.90 Å². The Morgan fingerprint density at radius 1 is 1.00 bits per heavy atom. The summed E-state index contributed by atoms with van der Waals surface area (Å²) in [7, 11) is 0. The van der Waals surface area contributed by atoms with Gasteiger partial charge in [-0.1, -0.05) is 57.1 Å². The van der Waals surface area contributed by atoms with Crippen LogP contribution in [0.15, 0.2) is 11.6 Å². The maximum atomic E-state index is 9.37. The molecule has 0 bridgehead atoms. The predicted molar refractivity (Wildman–Crippen MR) is 89.5 cm³/mol. The van der Waals surface area contributed by atoms with Crippen molar-refractivity contribution in [3.05, 3.63) is 11.6 Å². The third-order valence-electron chi connectivity index (χ3n) is 5.19. The van der Waals surface area contributed by atoms with E-state index in [1.807, 2.05) is 0 Å². The Morgan fingerprint density at radius 3 is 2.05 bits per heavy atom. The van der Waals surface area contributed by atoms with E-state index in [2.05, 4.69) is 13.0 Å². The van der Waals surface area contributed by atoms with Crippen molar-refractivity contribution in [2.24, 2.45) is 11.8 Å². The molecule has 0 aromatic heterocycles. The van der Waals surface area contributed by atoms with E-state index in [1.54, 1.807) is 12.5 Å². The minimum atomic E-state index is -0.745. The van der Waals surface area contributed by atoms with Crippen LogP contribution in [-0.4, -0.2) is 11.1 Å². The van der Waals surface area contributed by atoms with Crippen LogP contribution in [-0.2, 0) is 4.79 Å². The van der Waals surface area contributed by atoms with Crippen LogP contribution >= 0.6 is 0 Å². The number of carboxylic acids is 1. The highest BCUT2D eigenvalue weighted by atomic mass is 16.4. The molecule has 0 radical (unpaired) electrons. The van der Waals surface area contributed by atoms with E-state index < -0.39 is 5.97 Å². The fraction of sp³-hybridized carbons (Fsp3) is 0.842. The van der Waals surface area contributed by atoms with Crippen molar-refractivity contribution in [2.75, 3.05) is 0 Å². The Morgan fingerprint density at radius 2 is 1.52 bits per heavy atom. The van der Waals surface area contributed by atoms with Crippen molar-refractivity contribution in [1.29, 1.82) is 0 Å². The largest absolute Gasteiger partial charge is 0.481 e. The van der Waals surface area contributed by atoms with E-state index in [4.69, 9.17) is 5.11 Å². The monoisotopic (exact) mass is 294 g/mol. The van der Waals surface area contributed by atoms with Crippen LogP contribution in [0, 0.1) is 11.8 Å². The van der Waals surface area contributed by atoms with E-state index in [9.17, 15) is 4.79 Å². The van der Waals surface area contributed by atoms with Crippen molar-refractivity contribution in [3.8, 4) is 0 Å². The predicted octanol–water partition coefficient (Wildman–Crippen LogP) is 5.96. The maximum Gasteiger partial charge on any atom is 0.303 e. The van der Waals surface area contributed by atoms with Gasteiger partial charge in [0.2, 0.25) is 0 Å². The minimum Gasteiger partial charge on any atom is -0.481 e. The van der Waals surface area contributed by atoms with Crippen LogP contribution in [0.4, 0.5) is 0 Å². The van der Waals surface area contributed by atoms with Gasteiger partial charge >= 0.3 is 5.97 Å². The van der Waals surface area contributed by atoms with Crippen molar-refractivity contribution in [3.63, 3.8) is 0 Å². The van der Waals surface area contributed by atoms with Crippen LogP contribution in [0.5, 0.6) is 0 Å². The molecule has 2 rings (SSSR count). The molecule has 2 nitrogen and oxygen atoms in total. The van der Waals surface area contributed by atoms with Crippen LogP contribution < -0.4 is 0 Å². The molecule has 0 amide bonds. The molecule has 2 heteroatoms. The highest BCUT2D eigenvalue weighted by molar-refractivity contribution is 5.66. The molecule has 2 aliphatic rings. The van der Waals surface area contributed by atoms with Crippen molar-refractivity contribution in [1.82, 2.24) is 0 Å². The first-order chi connectivity index (χ1) is 10.2. The zero-order valence-electron chi connectivity index (χ0n) is 14.1. The molecule has 1 unspecified atom stereocenters. The van der Waals surface area contributed by atoms with Gasteiger partial charge < -0.3 is 5.11 Å². The number of allylic oxidation sites excluding steroid dienone is 2. The summed E-state index contributed by atoms with van der Waals surface area (Å²) in [6.07, 6.45) is 19.0. The van der Waals surface area contributed by atoms with E-state index in [-0.39, 0.29) is 6.42 Å². The van der Waals surface area contributed by atoms with Crippen LogP contribution in [0.3, 0.4) is 0 Å². The molecule has 2 fully saturated rings. The third kappa shape index (κ3) is 7.68. The molecule has 1 N–H and O–H groups in total. The molecule has 0 aromatic rings. The van der Waals surface area contributed by atoms with Gasteiger partial charge in [0, 0.05) is 6.42 Å². The summed E-state index contributed by atoms with van der Waals surface area (Å²) in [5.74, 6) is 1.40. The summed E-state index contributed by atoms with van der Waals surface area (Å²) in [4.78, 5) is 9.37. The number of hydrogen-bond donors (Lipinski definition) is 1. The van der Waals surface area contributed by atoms with E-state index in [1.165, 1.54) is 70.6 Å². The molecule has 21 heavy (non-hydrogen) atoms. The molecule has 0 saturated heterocycles. The van der Waals surface area contributed by atoms with Gasteiger partial charge in [-0.3, -0.25) is 4.79 Å². The van der Waals surface area contributed by atoms with E-state index in [0.29, 0.717) is 0 Å². The summed E-state index contributed by atoms with van der Waals surface area (Å²) in [6, 6.07) is 0. The Labute approximate surface area is 131 Å². The molecule has 0 spiro atoms. The standard InChI is InChI=1S/C16H28.C3H6O2/c1-2-14-8-7-11-16(13-12-14)15-9-5-3-4-6-10-15;1-2-3(4)5/h2,15-16H,3-13H2,1H3;2H2,1H3,(H,4,5). The molecule has 1 atom stereocenters. The van der Waals surface area contributed by atoms with Crippen LogP contribution in [0.25, 0.3) is 0 Å². The summed E-state index contributed by atoms with van der Waals surface area (Å²) >= 11 is 0. The average molecular weight is 294 g/mol. The topological polar surface area (TPSA) is 37.3 Å². The summed E-state index contributed by atoms with van der Waals surface area (Å²) in [5.41, 5.74) is 1.73. The molecule has 2 aliphatic carbocycles. The molecular formula is C19H34O2. The summed E-state index contributed by atoms with van der Waals surface area (Å²) < 4.78 is 0. The third-order valence-corrected chi connectivity index (χ3v) is 5.19. The Hall–Kier alpha value is -0.790. The summed E-state index contributed by atoms with van der Waals surface area (Å²) in [6.45, 7) is 3.82. The van der Waals surface area contributed by atoms with Gasteiger partial charge in [0.05, 0.1) is 0 Å². The second-order valence-corrected chi connectivity index (χ2v) is 6.64. The zero-order valence-corrected chi connectivity index (χ0v) is 14.1. The Balaban J connectivity index is 0.000000383. The van der Waals surface area contributed by atoms with E-state index >= 15 is 0 Å². The minimum absolute atomic E-state index is 0.222. The quantitative estimate of drug-likeness (QED) is 0.503. The Bertz CT molecular complexity index is 312. The fourth-order valence-electron chi connectivity index (χ4n) is 3.77.